The van der Waals surface area contributed by atoms with E-state index >= 15 is 0 Å². The van der Waals surface area contributed by atoms with Crippen LogP contribution in [0.4, 0.5) is 4.39 Å². The Morgan fingerprint density at radius 1 is 1.14 bits per heavy atom. The van der Waals surface area contributed by atoms with E-state index in [-0.39, 0.29) is 27.8 Å². The molecule has 1 heterocycles. The maximum atomic E-state index is 14.3. The second kappa shape index (κ2) is 8.67. The molecule has 0 N–H and O–H groups in total. The van der Waals surface area contributed by atoms with Gasteiger partial charge in [0.2, 0.25) is 0 Å². The van der Waals surface area contributed by atoms with Crippen LogP contribution in [-0.4, -0.2) is 15.9 Å². The molecule has 0 atom stereocenters. The summed E-state index contributed by atoms with van der Waals surface area (Å²) < 4.78 is 20.2. The Morgan fingerprint density at radius 3 is 2.59 bits per heavy atom. The van der Waals surface area contributed by atoms with Gasteiger partial charge in [-0.3, -0.25) is 0 Å². The molecule has 2 aromatic carbocycles. The molecule has 3 aromatic rings. The van der Waals surface area contributed by atoms with Crippen LogP contribution in [0.3, 0.4) is 0 Å². The lowest BCUT2D eigenvalue weighted by Gasteiger charge is -2.15. The summed E-state index contributed by atoms with van der Waals surface area (Å²) in [4.78, 5) is 5.32. The number of benzene rings is 2. The number of nitrogens with zero attached hydrogens (tertiary/aromatic N) is 4. The second-order valence-electron chi connectivity index (χ2n) is 6.35. The van der Waals surface area contributed by atoms with E-state index in [0.717, 1.165) is 0 Å². The van der Waals surface area contributed by atoms with Crippen molar-refractivity contribution >= 4 is 17.3 Å². The summed E-state index contributed by atoms with van der Waals surface area (Å²) in [5, 5.41) is 21.0. The molecule has 0 aliphatic heterocycles. The Morgan fingerprint density at radius 2 is 1.93 bits per heavy atom. The molecule has 146 valence electrons. The first-order valence-corrected chi connectivity index (χ1v) is 8.93. The third-order valence-corrected chi connectivity index (χ3v) is 4.15. The molecule has 0 saturated heterocycles. The summed E-state index contributed by atoms with van der Waals surface area (Å²) in [6.07, 6.45) is 3.08. The molecule has 0 fully saturated rings. The van der Waals surface area contributed by atoms with E-state index in [4.69, 9.17) is 21.2 Å². The summed E-state index contributed by atoms with van der Waals surface area (Å²) in [6.45, 7) is 5.16. The van der Waals surface area contributed by atoms with Crippen LogP contribution in [0.2, 0.25) is 5.02 Å². The zero-order valence-electron chi connectivity index (χ0n) is 15.9. The summed E-state index contributed by atoms with van der Waals surface area (Å²) in [5.41, 5.74) is 2.63. The molecule has 0 bridgehead atoms. The first-order chi connectivity index (χ1) is 13.9. The second-order valence-corrected chi connectivity index (χ2v) is 6.76. The zero-order valence-corrected chi connectivity index (χ0v) is 16.7. The van der Waals surface area contributed by atoms with Gasteiger partial charge in [-0.15, -0.1) is 0 Å². The minimum atomic E-state index is -0.432. The highest BCUT2D eigenvalue weighted by Crippen LogP contribution is 2.40. The standard InChI is InChI=1S/C21H16ClFN4O2/c1-12(2)27-29-19-9-21(17(22)7-15(19)10-24)28-20-8-18(23)13(3)6-16(20)14-4-5-25-26-11-14/h4-9,11H,1-3H3. The van der Waals surface area contributed by atoms with Crippen LogP contribution in [0.5, 0.6) is 17.2 Å². The Bertz CT molecular complexity index is 1120. The molecular formula is C21H16ClFN4O2. The highest BCUT2D eigenvalue weighted by atomic mass is 35.5. The molecule has 0 amide bonds. The molecule has 8 heteroatoms. The maximum absolute atomic E-state index is 14.3. The summed E-state index contributed by atoms with van der Waals surface area (Å²) >= 11 is 6.28. The Balaban J connectivity index is 2.08. The van der Waals surface area contributed by atoms with Gasteiger partial charge in [-0.2, -0.15) is 15.5 Å². The third-order valence-electron chi connectivity index (χ3n) is 3.86. The minimum absolute atomic E-state index is 0.172. The fourth-order valence-corrected chi connectivity index (χ4v) is 2.66. The molecule has 3 rings (SSSR count). The summed E-state index contributed by atoms with van der Waals surface area (Å²) in [6, 6.07) is 9.51. The molecule has 0 aliphatic rings. The highest BCUT2D eigenvalue weighted by Gasteiger charge is 2.16. The van der Waals surface area contributed by atoms with Crippen molar-refractivity contribution in [2.75, 3.05) is 0 Å². The molecule has 0 saturated carbocycles. The average Bonchev–Trinajstić information content (AvgIpc) is 2.71. The number of aryl methyl sites for hydroxylation is 1. The predicted octanol–water partition coefficient (Wildman–Crippen LogP) is 5.68. The summed E-state index contributed by atoms with van der Waals surface area (Å²) in [5.74, 6) is 0.163. The largest absolute Gasteiger partial charge is 0.455 e. The molecule has 29 heavy (non-hydrogen) atoms. The van der Waals surface area contributed by atoms with Crippen molar-refractivity contribution in [3.05, 3.63) is 64.7 Å². The van der Waals surface area contributed by atoms with Gasteiger partial charge in [0.15, 0.2) is 5.75 Å². The predicted molar refractivity (Wildman–Crippen MR) is 108 cm³/mol. The van der Waals surface area contributed by atoms with Gasteiger partial charge in [0.05, 0.1) is 28.7 Å². The van der Waals surface area contributed by atoms with E-state index in [2.05, 4.69) is 15.4 Å². The van der Waals surface area contributed by atoms with Crippen molar-refractivity contribution in [1.82, 2.24) is 10.2 Å². The third kappa shape index (κ3) is 4.68. The maximum Gasteiger partial charge on any atom is 0.179 e. The van der Waals surface area contributed by atoms with Gasteiger partial charge in [0.25, 0.3) is 0 Å². The van der Waals surface area contributed by atoms with E-state index in [1.807, 2.05) is 6.07 Å². The van der Waals surface area contributed by atoms with Crippen molar-refractivity contribution < 1.29 is 14.0 Å². The van der Waals surface area contributed by atoms with Crippen molar-refractivity contribution in [2.45, 2.75) is 20.8 Å². The van der Waals surface area contributed by atoms with E-state index in [1.54, 1.807) is 39.1 Å². The van der Waals surface area contributed by atoms with Gasteiger partial charge in [0, 0.05) is 23.3 Å². The SMILES string of the molecule is CC(C)=NOc1cc(Oc2cc(F)c(C)cc2-c2ccnnc2)c(Cl)cc1C#N. The van der Waals surface area contributed by atoms with Crippen molar-refractivity contribution in [2.24, 2.45) is 5.16 Å². The lowest BCUT2D eigenvalue weighted by Crippen LogP contribution is -1.96. The zero-order chi connectivity index (χ0) is 21.0. The fraction of sp³-hybridized carbons (Fsp3) is 0.143. The number of rotatable bonds is 5. The van der Waals surface area contributed by atoms with Crippen LogP contribution < -0.4 is 9.57 Å². The Labute approximate surface area is 172 Å². The first kappa shape index (κ1) is 20.2. The lowest BCUT2D eigenvalue weighted by molar-refractivity contribution is 0.337. The first-order valence-electron chi connectivity index (χ1n) is 8.56. The fourth-order valence-electron chi connectivity index (χ4n) is 2.46. The summed E-state index contributed by atoms with van der Waals surface area (Å²) in [7, 11) is 0. The molecule has 0 radical (unpaired) electrons. The molecule has 0 spiro atoms. The number of ether oxygens (including phenoxy) is 1. The number of halogens is 2. The molecular weight excluding hydrogens is 395 g/mol. The van der Waals surface area contributed by atoms with E-state index in [9.17, 15) is 9.65 Å². The normalized spacial score (nSPS) is 10.2. The minimum Gasteiger partial charge on any atom is -0.455 e. The monoisotopic (exact) mass is 410 g/mol. The molecule has 0 unspecified atom stereocenters. The highest BCUT2D eigenvalue weighted by molar-refractivity contribution is 6.32. The lowest BCUT2D eigenvalue weighted by atomic mass is 10.0. The number of nitriles is 1. The molecule has 6 nitrogen and oxygen atoms in total. The van der Waals surface area contributed by atoms with Crippen LogP contribution >= 0.6 is 11.6 Å². The van der Waals surface area contributed by atoms with Gasteiger partial charge < -0.3 is 9.57 Å². The van der Waals surface area contributed by atoms with Gasteiger partial charge in [0.1, 0.15) is 23.4 Å². The van der Waals surface area contributed by atoms with Crippen LogP contribution in [0.25, 0.3) is 11.1 Å². The molecule has 0 aliphatic carbocycles. The van der Waals surface area contributed by atoms with Crippen LogP contribution in [0, 0.1) is 24.1 Å². The average molecular weight is 411 g/mol. The number of hydrogen-bond donors (Lipinski definition) is 0. The van der Waals surface area contributed by atoms with Crippen LogP contribution in [0.15, 0.2) is 47.9 Å². The van der Waals surface area contributed by atoms with Gasteiger partial charge in [-0.25, -0.2) is 4.39 Å². The van der Waals surface area contributed by atoms with Crippen molar-refractivity contribution in [3.8, 4) is 34.4 Å². The van der Waals surface area contributed by atoms with Gasteiger partial charge >= 0.3 is 0 Å². The quantitative estimate of drug-likeness (QED) is 0.399. The smallest absolute Gasteiger partial charge is 0.179 e. The topological polar surface area (TPSA) is 80.4 Å². The van der Waals surface area contributed by atoms with Crippen molar-refractivity contribution in [1.29, 1.82) is 5.26 Å². The van der Waals surface area contributed by atoms with Gasteiger partial charge in [-0.05, 0) is 44.5 Å². The van der Waals surface area contributed by atoms with E-state index in [0.29, 0.717) is 22.4 Å². The van der Waals surface area contributed by atoms with Crippen LogP contribution in [-0.2, 0) is 0 Å². The number of oxime groups is 1. The van der Waals surface area contributed by atoms with Gasteiger partial charge in [-0.1, -0.05) is 16.8 Å². The van der Waals surface area contributed by atoms with E-state index < -0.39 is 5.82 Å². The molecule has 1 aromatic heterocycles. The van der Waals surface area contributed by atoms with Crippen molar-refractivity contribution in [3.63, 3.8) is 0 Å². The van der Waals surface area contributed by atoms with E-state index in [1.165, 1.54) is 24.4 Å². The number of aromatic nitrogens is 2. The Hall–Kier alpha value is -3.50. The number of hydrogen-bond acceptors (Lipinski definition) is 6. The van der Waals surface area contributed by atoms with Crippen LogP contribution in [0.1, 0.15) is 25.0 Å². The Kier molecular flexibility index (Phi) is 6.05.